The SMILES string of the molecule is O=C(O)CNC(=O)c1cc(-c2ccccn2)nc2ccccc12. The van der Waals surface area contributed by atoms with Gasteiger partial charge in [0.05, 0.1) is 22.5 Å². The van der Waals surface area contributed by atoms with Crippen LogP contribution in [0.2, 0.25) is 0 Å². The third-order valence-electron chi connectivity index (χ3n) is 3.29. The summed E-state index contributed by atoms with van der Waals surface area (Å²) in [6.07, 6.45) is 1.65. The number of fused-ring (bicyclic) bond motifs is 1. The van der Waals surface area contributed by atoms with E-state index in [2.05, 4.69) is 15.3 Å². The fraction of sp³-hybridized carbons (Fsp3) is 0.0588. The minimum atomic E-state index is -1.10. The third-order valence-corrected chi connectivity index (χ3v) is 3.29. The maximum absolute atomic E-state index is 12.3. The lowest BCUT2D eigenvalue weighted by Crippen LogP contribution is -2.29. The predicted molar refractivity (Wildman–Crippen MR) is 84.9 cm³/mol. The standard InChI is InChI=1S/C17H13N3O3/c21-16(22)10-19-17(23)12-9-15(14-7-3-4-8-18-14)20-13-6-2-1-5-11(12)13/h1-9H,10H2,(H,19,23)(H,21,22). The van der Waals surface area contributed by atoms with Gasteiger partial charge in [0.1, 0.15) is 6.54 Å². The number of rotatable bonds is 4. The van der Waals surface area contributed by atoms with Crippen molar-refractivity contribution in [1.29, 1.82) is 0 Å². The number of carboxylic acid groups (broad SMARTS) is 1. The van der Waals surface area contributed by atoms with Gasteiger partial charge in [0.25, 0.3) is 5.91 Å². The summed E-state index contributed by atoms with van der Waals surface area (Å²) in [7, 11) is 0. The summed E-state index contributed by atoms with van der Waals surface area (Å²) in [5.41, 5.74) is 2.23. The Morgan fingerprint density at radius 3 is 2.57 bits per heavy atom. The molecule has 0 unspecified atom stereocenters. The first kappa shape index (κ1) is 14.6. The van der Waals surface area contributed by atoms with Gasteiger partial charge in [-0.3, -0.25) is 14.6 Å². The minimum Gasteiger partial charge on any atom is -0.480 e. The van der Waals surface area contributed by atoms with E-state index in [9.17, 15) is 9.59 Å². The number of aromatic nitrogens is 2. The second kappa shape index (κ2) is 6.23. The van der Waals surface area contributed by atoms with E-state index < -0.39 is 18.4 Å². The van der Waals surface area contributed by atoms with Gasteiger partial charge >= 0.3 is 5.97 Å². The van der Waals surface area contributed by atoms with Crippen molar-refractivity contribution in [2.45, 2.75) is 0 Å². The second-order valence-corrected chi connectivity index (χ2v) is 4.86. The molecular formula is C17H13N3O3. The number of carbonyl (C=O) groups is 2. The highest BCUT2D eigenvalue weighted by Crippen LogP contribution is 2.23. The van der Waals surface area contributed by atoms with Crippen molar-refractivity contribution in [3.63, 3.8) is 0 Å². The molecule has 6 heteroatoms. The number of hydrogen-bond donors (Lipinski definition) is 2. The monoisotopic (exact) mass is 307 g/mol. The number of carbonyl (C=O) groups excluding carboxylic acids is 1. The summed E-state index contributed by atoms with van der Waals surface area (Å²) in [6.45, 7) is -0.436. The smallest absolute Gasteiger partial charge is 0.322 e. The molecule has 0 radical (unpaired) electrons. The topological polar surface area (TPSA) is 92.2 Å². The highest BCUT2D eigenvalue weighted by molar-refractivity contribution is 6.07. The number of nitrogens with zero attached hydrogens (tertiary/aromatic N) is 2. The van der Waals surface area contributed by atoms with E-state index in [1.54, 1.807) is 42.6 Å². The Balaban J connectivity index is 2.11. The molecule has 6 nitrogen and oxygen atoms in total. The Labute approximate surface area is 131 Å². The van der Waals surface area contributed by atoms with Crippen LogP contribution in [-0.4, -0.2) is 33.5 Å². The fourth-order valence-corrected chi connectivity index (χ4v) is 2.26. The summed E-state index contributed by atoms with van der Waals surface area (Å²) >= 11 is 0. The molecule has 3 rings (SSSR count). The van der Waals surface area contributed by atoms with Crippen molar-refractivity contribution in [1.82, 2.24) is 15.3 Å². The molecule has 0 aliphatic carbocycles. The Morgan fingerprint density at radius 2 is 1.83 bits per heavy atom. The van der Waals surface area contributed by atoms with Crippen LogP contribution in [0.5, 0.6) is 0 Å². The zero-order valence-corrected chi connectivity index (χ0v) is 12.1. The van der Waals surface area contributed by atoms with Crippen molar-refractivity contribution >= 4 is 22.8 Å². The van der Waals surface area contributed by atoms with Crippen molar-refractivity contribution in [2.24, 2.45) is 0 Å². The van der Waals surface area contributed by atoms with E-state index in [4.69, 9.17) is 5.11 Å². The molecule has 3 aromatic rings. The van der Waals surface area contributed by atoms with Gasteiger partial charge in [-0.05, 0) is 24.3 Å². The first-order valence-corrected chi connectivity index (χ1v) is 6.96. The van der Waals surface area contributed by atoms with Crippen molar-refractivity contribution in [2.75, 3.05) is 6.54 Å². The Bertz CT molecular complexity index is 879. The molecule has 0 bridgehead atoms. The molecular weight excluding hydrogens is 294 g/mol. The van der Waals surface area contributed by atoms with Crippen molar-refractivity contribution in [3.8, 4) is 11.4 Å². The molecule has 0 saturated carbocycles. The molecule has 0 aliphatic heterocycles. The molecule has 1 aromatic carbocycles. The molecule has 2 heterocycles. The molecule has 23 heavy (non-hydrogen) atoms. The van der Waals surface area contributed by atoms with Crippen LogP contribution in [0, 0.1) is 0 Å². The molecule has 0 spiro atoms. The van der Waals surface area contributed by atoms with Crippen LogP contribution in [0.3, 0.4) is 0 Å². The Kier molecular flexibility index (Phi) is 3.97. The number of carboxylic acids is 1. The van der Waals surface area contributed by atoms with Gasteiger partial charge in [-0.1, -0.05) is 24.3 Å². The van der Waals surface area contributed by atoms with Crippen LogP contribution in [0.15, 0.2) is 54.7 Å². The van der Waals surface area contributed by atoms with Gasteiger partial charge in [0.15, 0.2) is 0 Å². The van der Waals surface area contributed by atoms with Crippen LogP contribution in [-0.2, 0) is 4.79 Å². The van der Waals surface area contributed by atoms with Gasteiger partial charge in [0, 0.05) is 11.6 Å². The summed E-state index contributed by atoms with van der Waals surface area (Å²) < 4.78 is 0. The van der Waals surface area contributed by atoms with Gasteiger partial charge in [-0.2, -0.15) is 0 Å². The highest BCUT2D eigenvalue weighted by atomic mass is 16.4. The lowest BCUT2D eigenvalue weighted by molar-refractivity contribution is -0.135. The molecule has 0 saturated heterocycles. The zero-order chi connectivity index (χ0) is 16.2. The quantitative estimate of drug-likeness (QED) is 0.770. The lowest BCUT2D eigenvalue weighted by Gasteiger charge is -2.09. The molecule has 114 valence electrons. The summed E-state index contributed by atoms with van der Waals surface area (Å²) in [5.74, 6) is -1.55. The number of aliphatic carboxylic acids is 1. The molecule has 0 fully saturated rings. The first-order chi connectivity index (χ1) is 11.1. The summed E-state index contributed by atoms with van der Waals surface area (Å²) in [6, 6.07) is 14.3. The van der Waals surface area contributed by atoms with E-state index in [0.717, 1.165) is 0 Å². The maximum Gasteiger partial charge on any atom is 0.322 e. The lowest BCUT2D eigenvalue weighted by atomic mass is 10.1. The van der Waals surface area contributed by atoms with Crippen LogP contribution in [0.4, 0.5) is 0 Å². The molecule has 2 N–H and O–H groups in total. The largest absolute Gasteiger partial charge is 0.480 e. The van der Waals surface area contributed by atoms with Crippen LogP contribution >= 0.6 is 0 Å². The first-order valence-electron chi connectivity index (χ1n) is 6.96. The third kappa shape index (κ3) is 3.16. The Hall–Kier alpha value is -3.28. The van der Waals surface area contributed by atoms with Crippen molar-refractivity contribution in [3.05, 3.63) is 60.3 Å². The maximum atomic E-state index is 12.3. The van der Waals surface area contributed by atoms with Crippen LogP contribution in [0.1, 0.15) is 10.4 Å². The fourth-order valence-electron chi connectivity index (χ4n) is 2.26. The van der Waals surface area contributed by atoms with Crippen molar-refractivity contribution < 1.29 is 14.7 Å². The minimum absolute atomic E-state index is 0.373. The van der Waals surface area contributed by atoms with E-state index in [0.29, 0.717) is 27.9 Å². The van der Waals surface area contributed by atoms with E-state index in [-0.39, 0.29) is 0 Å². The number of benzene rings is 1. The number of hydrogen-bond acceptors (Lipinski definition) is 4. The number of nitrogens with one attached hydrogen (secondary N) is 1. The zero-order valence-electron chi connectivity index (χ0n) is 12.1. The van der Waals surface area contributed by atoms with Gasteiger partial charge in [0.2, 0.25) is 0 Å². The number of pyridine rings is 2. The second-order valence-electron chi connectivity index (χ2n) is 4.86. The van der Waals surface area contributed by atoms with E-state index >= 15 is 0 Å². The number of amides is 1. The van der Waals surface area contributed by atoms with Gasteiger partial charge in [-0.25, -0.2) is 4.98 Å². The van der Waals surface area contributed by atoms with Crippen LogP contribution < -0.4 is 5.32 Å². The normalized spacial score (nSPS) is 10.4. The highest BCUT2D eigenvalue weighted by Gasteiger charge is 2.14. The predicted octanol–water partition coefficient (Wildman–Crippen LogP) is 2.11. The molecule has 1 amide bonds. The van der Waals surface area contributed by atoms with Gasteiger partial charge < -0.3 is 10.4 Å². The summed E-state index contributed by atoms with van der Waals surface area (Å²) in [4.78, 5) is 31.7. The molecule has 2 aromatic heterocycles. The van der Waals surface area contributed by atoms with Crippen LogP contribution in [0.25, 0.3) is 22.3 Å². The van der Waals surface area contributed by atoms with E-state index in [1.165, 1.54) is 0 Å². The van der Waals surface area contributed by atoms with Gasteiger partial charge in [-0.15, -0.1) is 0 Å². The summed E-state index contributed by atoms with van der Waals surface area (Å²) in [5, 5.41) is 11.8. The van der Waals surface area contributed by atoms with E-state index in [1.807, 2.05) is 12.1 Å². The number of para-hydroxylation sites is 1. The average molecular weight is 307 g/mol. The molecule has 0 aliphatic rings. The average Bonchev–Trinajstić information content (AvgIpc) is 2.59. The Morgan fingerprint density at radius 1 is 1.04 bits per heavy atom. The molecule has 0 atom stereocenters.